The predicted molar refractivity (Wildman–Crippen MR) is 102 cm³/mol. The maximum Gasteiger partial charge on any atom is 0.298 e. The number of aromatic nitrogens is 1. The van der Waals surface area contributed by atoms with Gasteiger partial charge in [0.2, 0.25) is 5.91 Å². The van der Waals surface area contributed by atoms with Crippen molar-refractivity contribution in [2.45, 2.75) is 6.61 Å². The molecule has 1 aliphatic heterocycles. The number of nitrogens with zero attached hydrogens (tertiary/aromatic N) is 3. The van der Waals surface area contributed by atoms with Crippen molar-refractivity contribution >= 4 is 40.4 Å². The number of oxazole rings is 1. The van der Waals surface area contributed by atoms with Gasteiger partial charge in [0.1, 0.15) is 5.52 Å². The first-order valence-corrected chi connectivity index (χ1v) is 9.37. The van der Waals surface area contributed by atoms with Gasteiger partial charge in [-0.1, -0.05) is 12.1 Å². The van der Waals surface area contributed by atoms with Gasteiger partial charge in [0.25, 0.3) is 6.01 Å². The molecule has 4 rings (SSSR count). The van der Waals surface area contributed by atoms with Crippen LogP contribution in [0.5, 0.6) is 0 Å². The number of rotatable bonds is 4. The highest BCUT2D eigenvalue weighted by Crippen LogP contribution is 2.22. The molecule has 2 aromatic heterocycles. The number of thiophene rings is 1. The van der Waals surface area contributed by atoms with Crippen LogP contribution in [0.15, 0.2) is 46.2 Å². The van der Waals surface area contributed by atoms with E-state index in [1.54, 1.807) is 12.2 Å². The van der Waals surface area contributed by atoms with Crippen molar-refractivity contribution in [1.29, 1.82) is 0 Å². The number of carbonyl (C=O) groups is 1. The monoisotopic (exact) mass is 369 g/mol. The Morgan fingerprint density at radius 2 is 2.08 bits per heavy atom. The van der Waals surface area contributed by atoms with E-state index >= 15 is 0 Å². The third-order valence-corrected chi connectivity index (χ3v) is 5.34. The van der Waals surface area contributed by atoms with Gasteiger partial charge >= 0.3 is 0 Å². The highest BCUT2D eigenvalue weighted by Gasteiger charge is 2.22. The molecule has 0 bridgehead atoms. The zero-order chi connectivity index (χ0) is 17.9. The van der Waals surface area contributed by atoms with Crippen molar-refractivity contribution in [2.75, 3.05) is 31.1 Å². The standard InChI is InChI=1S/C19H19N3O3S/c23-12-14-11-15(26-13-14)5-6-18(24)21-7-9-22(10-8-21)19-20-16-3-1-2-4-17(16)25-19/h1-6,11,13,23H,7-10,12H2. The van der Waals surface area contributed by atoms with E-state index in [-0.39, 0.29) is 12.5 Å². The van der Waals surface area contributed by atoms with Crippen molar-refractivity contribution in [3.05, 3.63) is 52.2 Å². The van der Waals surface area contributed by atoms with E-state index in [9.17, 15) is 4.79 Å². The van der Waals surface area contributed by atoms with Crippen LogP contribution in [0, 0.1) is 0 Å². The number of carbonyl (C=O) groups excluding carboxylic acids is 1. The second-order valence-electron chi connectivity index (χ2n) is 6.13. The van der Waals surface area contributed by atoms with Gasteiger partial charge in [-0.3, -0.25) is 4.79 Å². The second kappa shape index (κ2) is 7.31. The summed E-state index contributed by atoms with van der Waals surface area (Å²) >= 11 is 1.52. The van der Waals surface area contributed by atoms with Crippen LogP contribution < -0.4 is 4.90 Å². The molecular weight excluding hydrogens is 350 g/mol. The Labute approximate surface area is 155 Å². The van der Waals surface area contributed by atoms with Crippen LogP contribution in [-0.4, -0.2) is 47.1 Å². The topological polar surface area (TPSA) is 69.8 Å². The highest BCUT2D eigenvalue weighted by atomic mass is 32.1. The van der Waals surface area contributed by atoms with E-state index in [0.717, 1.165) is 21.5 Å². The molecule has 7 heteroatoms. The van der Waals surface area contributed by atoms with Gasteiger partial charge in [-0.05, 0) is 35.2 Å². The number of piperazine rings is 1. The van der Waals surface area contributed by atoms with Gasteiger partial charge in [-0.2, -0.15) is 4.98 Å². The summed E-state index contributed by atoms with van der Waals surface area (Å²) in [5, 5.41) is 11.0. The second-order valence-corrected chi connectivity index (χ2v) is 7.07. The number of hydrogen-bond donors (Lipinski definition) is 1. The number of aliphatic hydroxyl groups excluding tert-OH is 1. The predicted octanol–water partition coefficient (Wildman–Crippen LogP) is 2.74. The Hall–Kier alpha value is -2.64. The van der Waals surface area contributed by atoms with Crippen molar-refractivity contribution in [3.63, 3.8) is 0 Å². The Morgan fingerprint density at radius 1 is 1.27 bits per heavy atom. The van der Waals surface area contributed by atoms with Crippen molar-refractivity contribution < 1.29 is 14.3 Å². The molecule has 6 nitrogen and oxygen atoms in total. The molecule has 0 saturated carbocycles. The lowest BCUT2D eigenvalue weighted by atomic mass is 10.3. The van der Waals surface area contributed by atoms with Gasteiger partial charge < -0.3 is 19.3 Å². The van der Waals surface area contributed by atoms with Gasteiger partial charge in [0.05, 0.1) is 6.61 Å². The summed E-state index contributed by atoms with van der Waals surface area (Å²) in [4.78, 5) is 21.7. The Balaban J connectivity index is 1.36. The van der Waals surface area contributed by atoms with Crippen LogP contribution in [0.1, 0.15) is 10.4 Å². The summed E-state index contributed by atoms with van der Waals surface area (Å²) in [6.45, 7) is 2.68. The molecule has 0 atom stereocenters. The first-order valence-electron chi connectivity index (χ1n) is 8.49. The number of amides is 1. The Morgan fingerprint density at radius 3 is 2.81 bits per heavy atom. The highest BCUT2D eigenvalue weighted by molar-refractivity contribution is 7.11. The summed E-state index contributed by atoms with van der Waals surface area (Å²) in [5.41, 5.74) is 2.50. The van der Waals surface area contributed by atoms with Crippen molar-refractivity contribution in [1.82, 2.24) is 9.88 Å². The van der Waals surface area contributed by atoms with Crippen LogP contribution >= 0.6 is 11.3 Å². The fourth-order valence-electron chi connectivity index (χ4n) is 2.94. The largest absolute Gasteiger partial charge is 0.423 e. The molecule has 3 aromatic rings. The first-order chi connectivity index (χ1) is 12.7. The fourth-order valence-corrected chi connectivity index (χ4v) is 3.73. The molecule has 0 radical (unpaired) electrons. The molecule has 0 aliphatic carbocycles. The Kier molecular flexibility index (Phi) is 4.73. The molecule has 26 heavy (non-hydrogen) atoms. The van der Waals surface area contributed by atoms with Crippen molar-refractivity contribution in [3.8, 4) is 0 Å². The molecule has 1 fully saturated rings. The summed E-state index contributed by atoms with van der Waals surface area (Å²) < 4.78 is 5.80. The smallest absolute Gasteiger partial charge is 0.298 e. The van der Waals surface area contributed by atoms with Crippen LogP contribution in [-0.2, 0) is 11.4 Å². The van der Waals surface area contributed by atoms with Crippen LogP contribution in [0.2, 0.25) is 0 Å². The van der Waals surface area contributed by atoms with Crippen LogP contribution in [0.4, 0.5) is 6.01 Å². The van der Waals surface area contributed by atoms with Crippen molar-refractivity contribution in [2.24, 2.45) is 0 Å². The lowest BCUT2D eigenvalue weighted by Gasteiger charge is -2.33. The van der Waals surface area contributed by atoms with E-state index in [0.29, 0.717) is 32.2 Å². The molecule has 0 spiro atoms. The summed E-state index contributed by atoms with van der Waals surface area (Å²) in [7, 11) is 0. The number of fused-ring (bicyclic) bond motifs is 1. The lowest BCUT2D eigenvalue weighted by Crippen LogP contribution is -2.48. The summed E-state index contributed by atoms with van der Waals surface area (Å²) in [6, 6.07) is 10.2. The van der Waals surface area contributed by atoms with Gasteiger partial charge in [0, 0.05) is 37.1 Å². The normalized spacial score (nSPS) is 15.3. The van der Waals surface area contributed by atoms with Gasteiger partial charge in [-0.25, -0.2) is 0 Å². The van der Waals surface area contributed by atoms with Crippen LogP contribution in [0.25, 0.3) is 17.2 Å². The van der Waals surface area contributed by atoms with E-state index in [1.807, 2.05) is 40.6 Å². The van der Waals surface area contributed by atoms with Gasteiger partial charge in [0.15, 0.2) is 5.58 Å². The minimum atomic E-state index is 0.00108. The Bertz CT molecular complexity index is 905. The zero-order valence-electron chi connectivity index (χ0n) is 14.2. The molecule has 1 aromatic carbocycles. The minimum Gasteiger partial charge on any atom is -0.423 e. The lowest BCUT2D eigenvalue weighted by molar-refractivity contribution is -0.126. The number of para-hydroxylation sites is 2. The number of anilines is 1. The fraction of sp³-hybridized carbons (Fsp3) is 0.263. The maximum atomic E-state index is 12.4. The molecule has 3 heterocycles. The van der Waals surface area contributed by atoms with E-state index in [1.165, 1.54) is 11.3 Å². The average Bonchev–Trinajstić information content (AvgIpc) is 3.32. The molecule has 1 amide bonds. The first kappa shape index (κ1) is 16.8. The maximum absolute atomic E-state index is 12.4. The van der Waals surface area contributed by atoms with Gasteiger partial charge in [-0.15, -0.1) is 11.3 Å². The third-order valence-electron chi connectivity index (χ3n) is 4.39. The van der Waals surface area contributed by atoms with E-state index in [2.05, 4.69) is 9.88 Å². The zero-order valence-corrected chi connectivity index (χ0v) is 15.0. The molecule has 0 unspecified atom stereocenters. The third kappa shape index (κ3) is 3.49. The van der Waals surface area contributed by atoms with Crippen LogP contribution in [0.3, 0.4) is 0 Å². The van der Waals surface area contributed by atoms with E-state index in [4.69, 9.17) is 9.52 Å². The summed E-state index contributed by atoms with van der Waals surface area (Å²) in [5.74, 6) is 0.00108. The number of aliphatic hydroxyl groups is 1. The quantitative estimate of drug-likeness (QED) is 0.716. The molecule has 134 valence electrons. The summed E-state index contributed by atoms with van der Waals surface area (Å²) in [6.07, 6.45) is 3.40. The van der Waals surface area contributed by atoms with E-state index < -0.39 is 0 Å². The molecular formula is C19H19N3O3S. The number of benzene rings is 1. The average molecular weight is 369 g/mol. The minimum absolute atomic E-state index is 0.00108. The molecule has 1 aliphatic rings. The number of hydrogen-bond acceptors (Lipinski definition) is 6. The molecule has 1 saturated heterocycles. The molecule has 1 N–H and O–H groups in total. The SMILES string of the molecule is O=C(C=Cc1cc(CO)cs1)N1CCN(c2nc3ccccc3o2)CC1.